The third-order valence-electron chi connectivity index (χ3n) is 3.92. The van der Waals surface area contributed by atoms with Gasteiger partial charge in [0.2, 0.25) is 5.88 Å². The molecule has 2 heterocycles. The van der Waals surface area contributed by atoms with E-state index < -0.39 is 0 Å². The van der Waals surface area contributed by atoms with Crippen LogP contribution in [-0.2, 0) is 0 Å². The van der Waals surface area contributed by atoms with Gasteiger partial charge >= 0.3 is 0 Å². The number of carbonyl (C=O) groups is 1. The maximum Gasteiger partial charge on any atom is 0.257 e. The Morgan fingerprint density at radius 3 is 2.62 bits per heavy atom. The van der Waals surface area contributed by atoms with E-state index in [1.165, 1.54) is 7.11 Å². The van der Waals surface area contributed by atoms with Crippen molar-refractivity contribution >= 4 is 5.91 Å². The first-order valence-electron chi connectivity index (χ1n) is 7.72. The average Bonchev–Trinajstić information content (AvgIpc) is 2.56. The van der Waals surface area contributed by atoms with Gasteiger partial charge in [-0.3, -0.25) is 4.79 Å². The molecule has 1 aromatic carbocycles. The number of amides is 1. The molecule has 2 aromatic rings. The molecule has 0 saturated carbocycles. The number of aromatic nitrogens is 1. The Hall–Kier alpha value is -2.76. The Morgan fingerprint density at radius 2 is 1.96 bits per heavy atom. The number of carbonyl (C=O) groups excluding carboxylic acids is 1. The molecule has 1 aliphatic rings. The summed E-state index contributed by atoms with van der Waals surface area (Å²) in [6.45, 7) is 2.98. The summed E-state index contributed by atoms with van der Waals surface area (Å²) >= 11 is 0. The molecule has 24 heavy (non-hydrogen) atoms. The summed E-state index contributed by atoms with van der Waals surface area (Å²) < 4.78 is 16.2. The SMILES string of the molecule is COc1ccc(C(=O)N2CC(Oc3cccc(C)n3)C2)c(OC)c1. The number of hydrogen-bond donors (Lipinski definition) is 0. The van der Waals surface area contributed by atoms with Gasteiger partial charge in [0, 0.05) is 17.8 Å². The number of aryl methyl sites for hydroxylation is 1. The molecule has 0 unspecified atom stereocenters. The Bertz CT molecular complexity index is 742. The summed E-state index contributed by atoms with van der Waals surface area (Å²) in [5.41, 5.74) is 1.42. The second-order valence-corrected chi connectivity index (χ2v) is 5.63. The molecule has 3 rings (SSSR count). The number of benzene rings is 1. The molecular formula is C18H20N2O4. The third-order valence-corrected chi connectivity index (χ3v) is 3.92. The molecule has 126 valence electrons. The monoisotopic (exact) mass is 328 g/mol. The Balaban J connectivity index is 1.62. The van der Waals surface area contributed by atoms with E-state index in [0.717, 1.165) is 5.69 Å². The van der Waals surface area contributed by atoms with E-state index in [4.69, 9.17) is 14.2 Å². The number of hydrogen-bond acceptors (Lipinski definition) is 5. The van der Waals surface area contributed by atoms with E-state index >= 15 is 0 Å². The lowest BCUT2D eigenvalue weighted by atomic mass is 10.1. The minimum Gasteiger partial charge on any atom is -0.497 e. The predicted molar refractivity (Wildman–Crippen MR) is 88.8 cm³/mol. The first kappa shape index (κ1) is 16.1. The number of likely N-dealkylation sites (tertiary alicyclic amines) is 1. The maximum absolute atomic E-state index is 12.6. The zero-order valence-corrected chi connectivity index (χ0v) is 14.0. The van der Waals surface area contributed by atoms with Gasteiger partial charge < -0.3 is 19.1 Å². The fourth-order valence-electron chi connectivity index (χ4n) is 2.58. The summed E-state index contributed by atoms with van der Waals surface area (Å²) in [4.78, 5) is 18.6. The quantitative estimate of drug-likeness (QED) is 0.843. The second-order valence-electron chi connectivity index (χ2n) is 5.63. The first-order valence-corrected chi connectivity index (χ1v) is 7.72. The fourth-order valence-corrected chi connectivity index (χ4v) is 2.58. The van der Waals surface area contributed by atoms with E-state index in [2.05, 4.69) is 4.98 Å². The molecular weight excluding hydrogens is 308 g/mol. The largest absolute Gasteiger partial charge is 0.497 e. The molecule has 6 heteroatoms. The van der Waals surface area contributed by atoms with Crippen molar-refractivity contribution in [3.63, 3.8) is 0 Å². The molecule has 0 N–H and O–H groups in total. The highest BCUT2D eigenvalue weighted by Crippen LogP contribution is 2.27. The van der Waals surface area contributed by atoms with Crippen LogP contribution >= 0.6 is 0 Å². The van der Waals surface area contributed by atoms with Crippen molar-refractivity contribution in [3.8, 4) is 17.4 Å². The van der Waals surface area contributed by atoms with Gasteiger partial charge in [0.15, 0.2) is 0 Å². The normalized spacial score (nSPS) is 14.0. The lowest BCUT2D eigenvalue weighted by molar-refractivity contribution is 0.0157. The standard InChI is InChI=1S/C18H20N2O4/c1-12-5-4-6-17(19-12)24-14-10-20(11-14)18(21)15-8-7-13(22-2)9-16(15)23-3/h4-9,14H,10-11H2,1-3H3. The van der Waals surface area contributed by atoms with Gasteiger partial charge in [-0.05, 0) is 25.1 Å². The van der Waals surface area contributed by atoms with Crippen molar-refractivity contribution < 1.29 is 19.0 Å². The molecule has 1 saturated heterocycles. The highest BCUT2D eigenvalue weighted by atomic mass is 16.5. The van der Waals surface area contributed by atoms with Gasteiger partial charge in [-0.2, -0.15) is 0 Å². The number of pyridine rings is 1. The van der Waals surface area contributed by atoms with Crippen LogP contribution < -0.4 is 14.2 Å². The predicted octanol–water partition coefficient (Wildman–Crippen LogP) is 2.31. The van der Waals surface area contributed by atoms with Crippen molar-refractivity contribution in [2.24, 2.45) is 0 Å². The molecule has 0 bridgehead atoms. The van der Waals surface area contributed by atoms with Crippen molar-refractivity contribution in [1.29, 1.82) is 0 Å². The zero-order valence-electron chi connectivity index (χ0n) is 14.0. The summed E-state index contributed by atoms with van der Waals surface area (Å²) in [7, 11) is 3.12. The van der Waals surface area contributed by atoms with Gasteiger partial charge in [-0.15, -0.1) is 0 Å². The van der Waals surface area contributed by atoms with Crippen LogP contribution in [0.4, 0.5) is 0 Å². The van der Waals surface area contributed by atoms with Crippen molar-refractivity contribution in [2.45, 2.75) is 13.0 Å². The topological polar surface area (TPSA) is 60.9 Å². The van der Waals surface area contributed by atoms with Gasteiger partial charge in [0.1, 0.15) is 17.6 Å². The molecule has 1 amide bonds. The number of rotatable bonds is 5. The highest BCUT2D eigenvalue weighted by Gasteiger charge is 2.34. The van der Waals surface area contributed by atoms with E-state index in [0.29, 0.717) is 36.0 Å². The highest BCUT2D eigenvalue weighted by molar-refractivity contribution is 5.97. The molecule has 6 nitrogen and oxygen atoms in total. The fraction of sp³-hybridized carbons (Fsp3) is 0.333. The Kier molecular flexibility index (Phi) is 4.55. The lowest BCUT2D eigenvalue weighted by Gasteiger charge is -2.38. The zero-order chi connectivity index (χ0) is 17.1. The van der Waals surface area contributed by atoms with Crippen LogP contribution in [0.25, 0.3) is 0 Å². The summed E-state index contributed by atoms with van der Waals surface area (Å²) in [6.07, 6.45) is -0.0347. The van der Waals surface area contributed by atoms with Crippen LogP contribution in [0.15, 0.2) is 36.4 Å². The van der Waals surface area contributed by atoms with E-state index in [1.54, 1.807) is 30.2 Å². The average molecular weight is 328 g/mol. The molecule has 0 atom stereocenters. The molecule has 1 aliphatic heterocycles. The Labute approximate surface area is 141 Å². The van der Waals surface area contributed by atoms with E-state index in [1.807, 2.05) is 25.1 Å². The van der Waals surface area contributed by atoms with Gasteiger partial charge in [0.25, 0.3) is 5.91 Å². The number of methoxy groups -OCH3 is 2. The van der Waals surface area contributed by atoms with E-state index in [-0.39, 0.29) is 12.0 Å². The van der Waals surface area contributed by atoms with E-state index in [9.17, 15) is 4.79 Å². The minimum absolute atomic E-state index is 0.0347. The molecule has 1 fully saturated rings. The van der Waals surface area contributed by atoms with Crippen LogP contribution in [0.5, 0.6) is 17.4 Å². The smallest absolute Gasteiger partial charge is 0.257 e. The van der Waals surface area contributed by atoms with Crippen molar-refractivity contribution in [1.82, 2.24) is 9.88 Å². The third kappa shape index (κ3) is 3.27. The minimum atomic E-state index is -0.0773. The number of ether oxygens (including phenoxy) is 3. The maximum atomic E-state index is 12.6. The summed E-state index contributed by atoms with van der Waals surface area (Å²) in [5, 5.41) is 0. The van der Waals surface area contributed by atoms with Gasteiger partial charge in [-0.25, -0.2) is 4.98 Å². The second kappa shape index (κ2) is 6.78. The summed E-state index contributed by atoms with van der Waals surface area (Å²) in [6, 6.07) is 10.8. The van der Waals surface area contributed by atoms with Crippen molar-refractivity contribution in [2.75, 3.05) is 27.3 Å². The van der Waals surface area contributed by atoms with Crippen LogP contribution in [0.3, 0.4) is 0 Å². The molecule has 0 radical (unpaired) electrons. The van der Waals surface area contributed by atoms with Crippen LogP contribution in [0.2, 0.25) is 0 Å². The van der Waals surface area contributed by atoms with Crippen molar-refractivity contribution in [3.05, 3.63) is 47.7 Å². The molecule has 0 spiro atoms. The van der Waals surface area contributed by atoms with Crippen LogP contribution in [0, 0.1) is 6.92 Å². The lowest BCUT2D eigenvalue weighted by Crippen LogP contribution is -2.56. The van der Waals surface area contributed by atoms with Gasteiger partial charge in [0.05, 0.1) is 32.9 Å². The van der Waals surface area contributed by atoms with Gasteiger partial charge in [-0.1, -0.05) is 6.07 Å². The molecule has 1 aromatic heterocycles. The Morgan fingerprint density at radius 1 is 1.17 bits per heavy atom. The summed E-state index contributed by atoms with van der Waals surface area (Å²) in [5.74, 6) is 1.67. The molecule has 0 aliphatic carbocycles. The van der Waals surface area contributed by atoms with Crippen LogP contribution in [-0.4, -0.2) is 49.2 Å². The number of nitrogens with zero attached hydrogens (tertiary/aromatic N) is 2. The van der Waals surface area contributed by atoms with Crippen LogP contribution in [0.1, 0.15) is 16.1 Å². The first-order chi connectivity index (χ1) is 11.6.